The van der Waals surface area contributed by atoms with Gasteiger partial charge in [0.2, 0.25) is 5.95 Å². The van der Waals surface area contributed by atoms with E-state index in [-0.39, 0.29) is 17.7 Å². The summed E-state index contributed by atoms with van der Waals surface area (Å²) in [5, 5.41) is 22.4. The molecule has 0 spiro atoms. The lowest BCUT2D eigenvalue weighted by Gasteiger charge is -2.18. The van der Waals surface area contributed by atoms with Crippen LogP contribution in [0.4, 0.5) is 23.1 Å². The molecule has 0 unspecified atom stereocenters. The number of likely N-dealkylation sites (N-methyl/N-ethyl adjacent to an activating group) is 1. The normalized spacial score (nSPS) is 14.2. The molecule has 4 rings (SSSR count). The molecule has 0 aliphatic heterocycles. The van der Waals surface area contributed by atoms with E-state index in [0.717, 1.165) is 30.5 Å². The summed E-state index contributed by atoms with van der Waals surface area (Å²) in [7, 11) is -1.61. The minimum absolute atomic E-state index is 0.0570. The van der Waals surface area contributed by atoms with Gasteiger partial charge in [0.15, 0.2) is 20.5 Å². The van der Waals surface area contributed by atoms with Gasteiger partial charge < -0.3 is 20.6 Å². The second-order valence-corrected chi connectivity index (χ2v) is 9.09. The van der Waals surface area contributed by atoms with E-state index in [0.29, 0.717) is 29.3 Å². The molecular formula is C18H23N7O3S. The Bertz CT molecular complexity index is 1120. The van der Waals surface area contributed by atoms with E-state index < -0.39 is 9.84 Å². The average Bonchev–Trinajstić information content (AvgIpc) is 3.36. The highest BCUT2D eigenvalue weighted by atomic mass is 32.2. The van der Waals surface area contributed by atoms with Crippen LogP contribution in [0.5, 0.6) is 0 Å². The molecule has 1 aromatic carbocycles. The molecule has 0 atom stereocenters. The smallest absolute Gasteiger partial charge is 0.231 e. The van der Waals surface area contributed by atoms with E-state index in [1.54, 1.807) is 0 Å². The molecular weight excluding hydrogens is 394 g/mol. The number of fused-ring (bicyclic) bond motifs is 1. The topological polar surface area (TPSA) is 136 Å². The minimum atomic E-state index is -3.52. The summed E-state index contributed by atoms with van der Waals surface area (Å²) < 4.78 is 24.1. The van der Waals surface area contributed by atoms with Crippen molar-refractivity contribution >= 4 is 44.0 Å². The van der Waals surface area contributed by atoms with Crippen LogP contribution in [-0.2, 0) is 9.84 Å². The van der Waals surface area contributed by atoms with Crippen LogP contribution in [-0.4, -0.2) is 66.2 Å². The first-order valence-electron chi connectivity index (χ1n) is 9.27. The highest BCUT2D eigenvalue weighted by Gasteiger charge is 2.27. The average molecular weight is 417 g/mol. The van der Waals surface area contributed by atoms with Crippen molar-refractivity contribution < 1.29 is 13.5 Å². The molecule has 2 aromatic heterocycles. The van der Waals surface area contributed by atoms with Crippen LogP contribution < -0.4 is 15.5 Å². The summed E-state index contributed by atoms with van der Waals surface area (Å²) >= 11 is 0. The Labute approximate surface area is 168 Å². The predicted octanol–water partition coefficient (Wildman–Crippen LogP) is 1.50. The van der Waals surface area contributed by atoms with Gasteiger partial charge in [-0.3, -0.25) is 5.10 Å². The summed E-state index contributed by atoms with van der Waals surface area (Å²) in [5.41, 5.74) is 2.11. The van der Waals surface area contributed by atoms with E-state index in [1.807, 2.05) is 36.2 Å². The van der Waals surface area contributed by atoms with Crippen molar-refractivity contribution in [3.8, 4) is 0 Å². The Morgan fingerprint density at radius 2 is 1.97 bits per heavy atom. The van der Waals surface area contributed by atoms with Crippen molar-refractivity contribution in [2.75, 3.05) is 42.0 Å². The molecule has 3 aromatic rings. The lowest BCUT2D eigenvalue weighted by Crippen LogP contribution is -2.20. The highest BCUT2D eigenvalue weighted by molar-refractivity contribution is 7.90. The van der Waals surface area contributed by atoms with Gasteiger partial charge in [0.05, 0.1) is 6.61 Å². The second-order valence-electron chi connectivity index (χ2n) is 7.16. The number of sulfone groups is 1. The van der Waals surface area contributed by atoms with Gasteiger partial charge in [-0.05, 0) is 37.1 Å². The van der Waals surface area contributed by atoms with E-state index in [1.165, 1.54) is 0 Å². The number of H-pyrrole nitrogens is 1. The molecule has 4 N–H and O–H groups in total. The van der Waals surface area contributed by atoms with Crippen molar-refractivity contribution in [1.82, 2.24) is 20.2 Å². The third-order valence-electron chi connectivity index (χ3n) is 4.66. The second kappa shape index (κ2) is 7.48. The fraction of sp³-hybridized carbons (Fsp3) is 0.389. The number of anilines is 4. The summed E-state index contributed by atoms with van der Waals surface area (Å²) in [6.45, 7) is 0.631. The molecule has 154 valence electrons. The first kappa shape index (κ1) is 19.4. The minimum Gasteiger partial charge on any atom is -0.395 e. The zero-order valence-corrected chi connectivity index (χ0v) is 17.0. The van der Waals surface area contributed by atoms with Crippen LogP contribution in [0.1, 0.15) is 12.8 Å². The van der Waals surface area contributed by atoms with Crippen LogP contribution in [0.2, 0.25) is 0 Å². The van der Waals surface area contributed by atoms with E-state index in [4.69, 9.17) is 5.11 Å². The molecule has 29 heavy (non-hydrogen) atoms. The fourth-order valence-corrected chi connectivity index (χ4v) is 3.74. The van der Waals surface area contributed by atoms with Gasteiger partial charge in [-0.25, -0.2) is 8.42 Å². The summed E-state index contributed by atoms with van der Waals surface area (Å²) in [5.74, 6) is 0.786. The number of aromatic amines is 1. The summed E-state index contributed by atoms with van der Waals surface area (Å²) in [6.07, 6.45) is 3.15. The standard InChI is InChI=1S/C18H23N7O3S/c1-25(9-10-26)13-7-5-12(6-8-13)20-18-21-15(19-11-3-4-11)14-16(22-18)23-24-17(14)29(2,27)28/h5-8,11,26H,3-4,9-10H2,1-2H3,(H3,19,20,21,22,23,24). The number of aromatic nitrogens is 4. The lowest BCUT2D eigenvalue weighted by molar-refractivity contribution is 0.304. The number of nitrogens with zero attached hydrogens (tertiary/aromatic N) is 4. The summed E-state index contributed by atoms with van der Waals surface area (Å²) in [6, 6.07) is 7.92. The molecule has 10 nitrogen and oxygen atoms in total. The molecule has 1 fully saturated rings. The fourth-order valence-electron chi connectivity index (χ4n) is 2.96. The van der Waals surface area contributed by atoms with Crippen molar-refractivity contribution in [3.63, 3.8) is 0 Å². The van der Waals surface area contributed by atoms with Gasteiger partial charge in [-0.2, -0.15) is 15.1 Å². The number of hydrogen-bond donors (Lipinski definition) is 4. The van der Waals surface area contributed by atoms with Crippen LogP contribution in [0.15, 0.2) is 29.3 Å². The molecule has 0 bridgehead atoms. The molecule has 1 saturated carbocycles. The third kappa shape index (κ3) is 4.25. The monoisotopic (exact) mass is 417 g/mol. The Kier molecular flexibility index (Phi) is 5.01. The zero-order valence-electron chi connectivity index (χ0n) is 16.2. The Morgan fingerprint density at radius 1 is 1.24 bits per heavy atom. The maximum Gasteiger partial charge on any atom is 0.231 e. The number of benzene rings is 1. The molecule has 1 aliphatic rings. The van der Waals surface area contributed by atoms with Crippen molar-refractivity contribution in [1.29, 1.82) is 0 Å². The van der Waals surface area contributed by atoms with Crippen LogP contribution in [0.3, 0.4) is 0 Å². The van der Waals surface area contributed by atoms with Gasteiger partial charge in [0.25, 0.3) is 0 Å². The van der Waals surface area contributed by atoms with Gasteiger partial charge in [-0.15, -0.1) is 0 Å². The number of nitrogens with one attached hydrogen (secondary N) is 3. The zero-order chi connectivity index (χ0) is 20.6. The van der Waals surface area contributed by atoms with Crippen LogP contribution in [0, 0.1) is 0 Å². The SMILES string of the molecule is CN(CCO)c1ccc(Nc2nc(NC3CC3)c3c(S(C)(=O)=O)n[nH]c3n2)cc1. The largest absolute Gasteiger partial charge is 0.395 e. The molecule has 0 amide bonds. The Hall–Kier alpha value is -2.92. The van der Waals surface area contributed by atoms with Crippen molar-refractivity contribution in [2.24, 2.45) is 0 Å². The number of aliphatic hydroxyl groups excluding tert-OH is 1. The maximum atomic E-state index is 12.1. The lowest BCUT2D eigenvalue weighted by atomic mass is 10.2. The van der Waals surface area contributed by atoms with E-state index >= 15 is 0 Å². The van der Waals surface area contributed by atoms with E-state index in [2.05, 4.69) is 30.8 Å². The maximum absolute atomic E-state index is 12.1. The molecule has 1 aliphatic carbocycles. The first-order chi connectivity index (χ1) is 13.8. The molecule has 0 radical (unpaired) electrons. The number of aliphatic hydroxyl groups is 1. The molecule has 0 saturated heterocycles. The number of rotatable bonds is 8. The predicted molar refractivity (Wildman–Crippen MR) is 112 cm³/mol. The summed E-state index contributed by atoms with van der Waals surface area (Å²) in [4.78, 5) is 10.8. The molecule has 2 heterocycles. The van der Waals surface area contributed by atoms with E-state index in [9.17, 15) is 8.42 Å². The Morgan fingerprint density at radius 3 is 2.59 bits per heavy atom. The van der Waals surface area contributed by atoms with Crippen LogP contribution >= 0.6 is 0 Å². The van der Waals surface area contributed by atoms with Gasteiger partial charge in [0, 0.05) is 37.3 Å². The van der Waals surface area contributed by atoms with Crippen molar-refractivity contribution in [3.05, 3.63) is 24.3 Å². The third-order valence-corrected chi connectivity index (χ3v) is 5.65. The Balaban J connectivity index is 1.66. The highest BCUT2D eigenvalue weighted by Crippen LogP contribution is 2.32. The van der Waals surface area contributed by atoms with Gasteiger partial charge >= 0.3 is 0 Å². The molecule has 11 heteroatoms. The quantitative estimate of drug-likeness (QED) is 0.430. The van der Waals surface area contributed by atoms with Crippen LogP contribution in [0.25, 0.3) is 11.0 Å². The van der Waals surface area contributed by atoms with Gasteiger partial charge in [0.1, 0.15) is 11.2 Å². The van der Waals surface area contributed by atoms with Gasteiger partial charge in [-0.1, -0.05) is 0 Å². The number of hydrogen-bond acceptors (Lipinski definition) is 9. The van der Waals surface area contributed by atoms with Crippen molar-refractivity contribution in [2.45, 2.75) is 23.9 Å². The first-order valence-corrected chi connectivity index (χ1v) is 11.2.